The normalized spacial score (nSPS) is 10.5. The number of benzene rings is 1. The lowest BCUT2D eigenvalue weighted by molar-refractivity contribution is 0.0468. The topological polar surface area (TPSA) is 81.4 Å². The lowest BCUT2D eigenvalue weighted by Crippen LogP contribution is -2.13. The van der Waals surface area contributed by atoms with Gasteiger partial charge in [0, 0.05) is 11.1 Å². The molecule has 2 aromatic heterocycles. The molecule has 0 aliphatic rings. The molecule has 0 spiro atoms. The van der Waals surface area contributed by atoms with Crippen LogP contribution in [0.4, 0.5) is 5.69 Å². The summed E-state index contributed by atoms with van der Waals surface area (Å²) in [4.78, 5) is 28.8. The molecule has 7 heteroatoms. The summed E-state index contributed by atoms with van der Waals surface area (Å²) < 4.78 is 10.4. The van der Waals surface area contributed by atoms with Crippen molar-refractivity contribution in [3.63, 3.8) is 0 Å². The third-order valence-corrected chi connectivity index (χ3v) is 4.76. The van der Waals surface area contributed by atoms with Gasteiger partial charge in [0.25, 0.3) is 5.91 Å². The molecule has 0 atom stereocenters. The number of hydrogen-bond donors (Lipinski definition) is 1. The first kappa shape index (κ1) is 17.9. The summed E-state index contributed by atoms with van der Waals surface area (Å²) in [6.45, 7) is 3.99. The van der Waals surface area contributed by atoms with E-state index in [0.29, 0.717) is 11.3 Å². The number of aromatic nitrogens is 1. The van der Waals surface area contributed by atoms with Crippen LogP contribution < -0.4 is 5.32 Å². The molecule has 6 nitrogen and oxygen atoms in total. The van der Waals surface area contributed by atoms with Gasteiger partial charge in [0.05, 0.1) is 22.5 Å². The van der Waals surface area contributed by atoms with E-state index in [-0.39, 0.29) is 18.3 Å². The standard InChI is InChI=1S/C19H18N2O4S/c1-3-17-20-14(11-26-17)10-25-19(23)13-7-6-12(2)15(9-13)21-18(22)16-5-4-8-24-16/h4-9,11H,3,10H2,1-2H3,(H,21,22). The first-order valence-corrected chi connectivity index (χ1v) is 9.00. The number of ether oxygens (including phenoxy) is 1. The first-order chi connectivity index (χ1) is 12.6. The van der Waals surface area contributed by atoms with Gasteiger partial charge >= 0.3 is 5.97 Å². The largest absolute Gasteiger partial charge is 0.459 e. The molecule has 26 heavy (non-hydrogen) atoms. The van der Waals surface area contributed by atoms with Crippen LogP contribution in [0.1, 0.15) is 44.1 Å². The van der Waals surface area contributed by atoms with Crippen molar-refractivity contribution in [3.05, 3.63) is 69.6 Å². The van der Waals surface area contributed by atoms with Gasteiger partial charge in [-0.15, -0.1) is 11.3 Å². The molecule has 0 aliphatic carbocycles. The second-order valence-corrected chi connectivity index (χ2v) is 6.57. The number of anilines is 1. The fourth-order valence-electron chi connectivity index (χ4n) is 2.28. The van der Waals surface area contributed by atoms with Crippen LogP contribution in [0.3, 0.4) is 0 Å². The number of nitrogens with zero attached hydrogens (tertiary/aromatic N) is 1. The summed E-state index contributed by atoms with van der Waals surface area (Å²) in [5.41, 5.74) is 2.45. The van der Waals surface area contributed by atoms with Gasteiger partial charge < -0.3 is 14.5 Å². The van der Waals surface area contributed by atoms with Crippen molar-refractivity contribution in [2.24, 2.45) is 0 Å². The van der Waals surface area contributed by atoms with Crippen LogP contribution in [0.25, 0.3) is 0 Å². The number of hydrogen-bond acceptors (Lipinski definition) is 6. The van der Waals surface area contributed by atoms with Crippen LogP contribution in [-0.2, 0) is 17.8 Å². The van der Waals surface area contributed by atoms with E-state index in [1.807, 2.05) is 19.2 Å². The zero-order chi connectivity index (χ0) is 18.5. The second-order valence-electron chi connectivity index (χ2n) is 5.62. The van der Waals surface area contributed by atoms with E-state index in [1.54, 1.807) is 41.7 Å². The number of carbonyl (C=O) groups is 2. The maximum absolute atomic E-state index is 12.3. The SMILES string of the molecule is CCc1nc(COC(=O)c2ccc(C)c(NC(=O)c3ccco3)c2)cs1. The van der Waals surface area contributed by atoms with Gasteiger partial charge in [0.2, 0.25) is 0 Å². The molecule has 0 bridgehead atoms. The monoisotopic (exact) mass is 370 g/mol. The third kappa shape index (κ3) is 4.18. The van der Waals surface area contributed by atoms with Gasteiger partial charge in [-0.25, -0.2) is 9.78 Å². The Labute approximate surface area is 154 Å². The van der Waals surface area contributed by atoms with Crippen molar-refractivity contribution in [3.8, 4) is 0 Å². The van der Waals surface area contributed by atoms with Crippen molar-refractivity contribution < 1.29 is 18.7 Å². The van der Waals surface area contributed by atoms with E-state index in [2.05, 4.69) is 10.3 Å². The molecule has 0 saturated carbocycles. The van der Waals surface area contributed by atoms with Crippen molar-refractivity contribution >= 4 is 28.9 Å². The van der Waals surface area contributed by atoms with E-state index < -0.39 is 5.97 Å². The number of furan rings is 1. The van der Waals surface area contributed by atoms with Gasteiger partial charge in [-0.3, -0.25) is 4.79 Å². The molecule has 134 valence electrons. The van der Waals surface area contributed by atoms with Gasteiger partial charge in [0.15, 0.2) is 5.76 Å². The maximum atomic E-state index is 12.3. The third-order valence-electron chi connectivity index (χ3n) is 3.72. The van der Waals surface area contributed by atoms with E-state index in [1.165, 1.54) is 6.26 Å². The van der Waals surface area contributed by atoms with Crippen molar-refractivity contribution in [2.45, 2.75) is 26.9 Å². The highest BCUT2D eigenvalue weighted by molar-refractivity contribution is 7.09. The van der Waals surface area contributed by atoms with Gasteiger partial charge in [-0.2, -0.15) is 0 Å². The summed E-state index contributed by atoms with van der Waals surface area (Å²) >= 11 is 1.55. The number of nitrogens with one attached hydrogen (secondary N) is 1. The summed E-state index contributed by atoms with van der Waals surface area (Å²) in [6, 6.07) is 8.22. The van der Waals surface area contributed by atoms with Crippen LogP contribution in [0.2, 0.25) is 0 Å². The van der Waals surface area contributed by atoms with E-state index in [9.17, 15) is 9.59 Å². The van der Waals surface area contributed by atoms with Crippen LogP contribution in [0, 0.1) is 6.92 Å². The van der Waals surface area contributed by atoms with E-state index >= 15 is 0 Å². The van der Waals surface area contributed by atoms with Crippen LogP contribution in [0.15, 0.2) is 46.4 Å². The number of carbonyl (C=O) groups excluding carboxylic acids is 2. The van der Waals surface area contributed by atoms with Gasteiger partial charge in [-0.05, 0) is 43.2 Å². The highest BCUT2D eigenvalue weighted by atomic mass is 32.1. The van der Waals surface area contributed by atoms with E-state index in [4.69, 9.17) is 9.15 Å². The molecular weight excluding hydrogens is 352 g/mol. The molecule has 2 heterocycles. The molecule has 0 radical (unpaired) electrons. The Kier molecular flexibility index (Phi) is 5.48. The molecule has 0 unspecified atom stereocenters. The van der Waals surface area contributed by atoms with Crippen molar-refractivity contribution in [1.29, 1.82) is 0 Å². The molecule has 0 aliphatic heterocycles. The second kappa shape index (κ2) is 7.97. The minimum atomic E-state index is -0.468. The maximum Gasteiger partial charge on any atom is 0.338 e. The molecule has 1 amide bonds. The summed E-state index contributed by atoms with van der Waals surface area (Å²) in [6.07, 6.45) is 2.29. The van der Waals surface area contributed by atoms with Crippen molar-refractivity contribution in [1.82, 2.24) is 4.98 Å². The predicted octanol–water partition coefficient (Wildman–Crippen LogP) is 4.22. The van der Waals surface area contributed by atoms with Crippen molar-refractivity contribution in [2.75, 3.05) is 5.32 Å². The molecule has 3 rings (SSSR count). The lowest BCUT2D eigenvalue weighted by Gasteiger charge is -2.09. The average molecular weight is 370 g/mol. The Morgan fingerprint density at radius 3 is 2.85 bits per heavy atom. The molecule has 1 aromatic carbocycles. The van der Waals surface area contributed by atoms with Gasteiger partial charge in [-0.1, -0.05) is 13.0 Å². The Morgan fingerprint density at radius 1 is 1.31 bits per heavy atom. The fraction of sp³-hybridized carbons (Fsp3) is 0.211. The highest BCUT2D eigenvalue weighted by Gasteiger charge is 2.14. The fourth-order valence-corrected chi connectivity index (χ4v) is 3.01. The molecule has 0 fully saturated rings. The zero-order valence-electron chi connectivity index (χ0n) is 14.4. The molecule has 1 N–H and O–H groups in total. The zero-order valence-corrected chi connectivity index (χ0v) is 15.3. The Bertz CT molecular complexity index is 916. The number of amides is 1. The number of esters is 1. The minimum absolute atomic E-state index is 0.122. The first-order valence-electron chi connectivity index (χ1n) is 8.12. The number of rotatable bonds is 6. The molecule has 3 aromatic rings. The van der Waals surface area contributed by atoms with E-state index in [0.717, 1.165) is 22.7 Å². The Morgan fingerprint density at radius 2 is 2.15 bits per heavy atom. The molecule has 0 saturated heterocycles. The molecular formula is C19H18N2O4S. The Balaban J connectivity index is 1.67. The number of thiazole rings is 1. The quantitative estimate of drug-likeness (QED) is 0.657. The Hall–Kier alpha value is -2.93. The lowest BCUT2D eigenvalue weighted by atomic mass is 10.1. The van der Waals surface area contributed by atoms with Crippen LogP contribution >= 0.6 is 11.3 Å². The highest BCUT2D eigenvalue weighted by Crippen LogP contribution is 2.19. The summed E-state index contributed by atoms with van der Waals surface area (Å²) in [5, 5.41) is 5.64. The summed E-state index contributed by atoms with van der Waals surface area (Å²) in [5.74, 6) is -0.643. The number of aryl methyl sites for hydroxylation is 2. The predicted molar refractivity (Wildman–Crippen MR) is 98.5 cm³/mol. The minimum Gasteiger partial charge on any atom is -0.459 e. The van der Waals surface area contributed by atoms with Crippen LogP contribution in [-0.4, -0.2) is 16.9 Å². The van der Waals surface area contributed by atoms with Crippen LogP contribution in [0.5, 0.6) is 0 Å². The van der Waals surface area contributed by atoms with Gasteiger partial charge in [0.1, 0.15) is 6.61 Å². The summed E-state index contributed by atoms with van der Waals surface area (Å²) in [7, 11) is 0. The average Bonchev–Trinajstić information content (AvgIpc) is 3.33. The smallest absolute Gasteiger partial charge is 0.338 e.